The van der Waals surface area contributed by atoms with Gasteiger partial charge in [0, 0.05) is 22.9 Å². The number of rotatable bonds is 1. The summed E-state index contributed by atoms with van der Waals surface area (Å²) >= 11 is 0. The van der Waals surface area contributed by atoms with Crippen LogP contribution in [0.3, 0.4) is 0 Å². The van der Waals surface area contributed by atoms with Crippen molar-refractivity contribution in [2.24, 2.45) is 7.05 Å². The topological polar surface area (TPSA) is 21.4 Å². The van der Waals surface area contributed by atoms with Crippen LogP contribution in [0.5, 0.6) is 0 Å². The lowest BCUT2D eigenvalue weighted by molar-refractivity contribution is -0.660. The molecular weight excluding hydrogens is 284 g/mol. The molecule has 0 unspecified atom stereocenters. The molecule has 0 spiro atoms. The van der Waals surface area contributed by atoms with E-state index in [4.69, 9.17) is 11.0 Å². The summed E-state index contributed by atoms with van der Waals surface area (Å²) in [5, 5.41) is 2.15. The fourth-order valence-electron chi connectivity index (χ4n) is 3.07. The van der Waals surface area contributed by atoms with E-state index in [0.29, 0.717) is 5.69 Å². The van der Waals surface area contributed by atoms with Gasteiger partial charge in [-0.1, -0.05) is 12.1 Å². The number of hydrogen-bond donors (Lipinski definition) is 0. The molecule has 0 amide bonds. The molecule has 4 aromatic rings. The number of benzene rings is 2. The lowest BCUT2D eigenvalue weighted by Gasteiger charge is -2.04. The molecule has 0 atom stereocenters. The van der Waals surface area contributed by atoms with Gasteiger partial charge in [-0.05, 0) is 36.8 Å². The molecule has 0 bridgehead atoms. The van der Waals surface area contributed by atoms with E-state index in [2.05, 4.69) is 34.5 Å². The van der Waals surface area contributed by atoms with Gasteiger partial charge in [0.25, 0.3) is 0 Å². The Labute approximate surface area is 134 Å². The highest BCUT2D eigenvalue weighted by Crippen LogP contribution is 2.35. The van der Waals surface area contributed by atoms with E-state index in [1.165, 1.54) is 5.56 Å². The summed E-state index contributed by atoms with van der Waals surface area (Å²) in [6.45, 7) is 9.26. The maximum atomic E-state index is 7.14. The standard InChI is InChI=1S/C20H15N2O/c1-13-10-17-15-8-7-14(21-2)11-19(15)23-20(17)12-16(13)18-6-4-5-9-22(18)3/h4-12H,1,3H3/q+1. The molecule has 0 aliphatic rings. The SMILES string of the molecule is [C-]#[N+]c1ccc2c(c1)oc1cc(-c3cccc[n+]3C)c(C)cc12. The lowest BCUT2D eigenvalue weighted by atomic mass is 10.0. The minimum Gasteiger partial charge on any atom is -0.457 e. The number of pyridine rings is 1. The van der Waals surface area contributed by atoms with Crippen LogP contribution in [0.2, 0.25) is 0 Å². The van der Waals surface area contributed by atoms with Crippen molar-refractivity contribution >= 4 is 27.6 Å². The highest BCUT2D eigenvalue weighted by molar-refractivity contribution is 6.07. The first-order valence-electron chi connectivity index (χ1n) is 7.47. The van der Waals surface area contributed by atoms with E-state index in [1.807, 2.05) is 37.5 Å². The van der Waals surface area contributed by atoms with Gasteiger partial charge in [-0.25, -0.2) is 9.41 Å². The number of hydrogen-bond acceptors (Lipinski definition) is 1. The molecule has 0 fully saturated rings. The summed E-state index contributed by atoms with van der Waals surface area (Å²) in [4.78, 5) is 3.47. The predicted octanol–water partition coefficient (Wildman–Crippen LogP) is 4.94. The summed E-state index contributed by atoms with van der Waals surface area (Å²) in [6, 6.07) is 16.0. The summed E-state index contributed by atoms with van der Waals surface area (Å²) in [6.07, 6.45) is 2.04. The van der Waals surface area contributed by atoms with Crippen LogP contribution in [0.1, 0.15) is 5.56 Å². The summed E-state index contributed by atoms with van der Waals surface area (Å²) < 4.78 is 8.10. The molecule has 0 saturated carbocycles. The maximum Gasteiger partial charge on any atom is 0.212 e. The number of aryl methyl sites for hydroxylation is 2. The van der Waals surface area contributed by atoms with Crippen molar-refractivity contribution in [3.63, 3.8) is 0 Å². The molecule has 0 radical (unpaired) electrons. The Morgan fingerprint density at radius 3 is 2.61 bits per heavy atom. The molecule has 2 heterocycles. The maximum absolute atomic E-state index is 7.14. The van der Waals surface area contributed by atoms with Crippen LogP contribution in [-0.2, 0) is 7.05 Å². The van der Waals surface area contributed by atoms with Crippen molar-refractivity contribution in [2.45, 2.75) is 6.92 Å². The van der Waals surface area contributed by atoms with Crippen LogP contribution in [0, 0.1) is 13.5 Å². The first-order valence-corrected chi connectivity index (χ1v) is 7.47. The van der Waals surface area contributed by atoms with Crippen LogP contribution in [0.15, 0.2) is 59.1 Å². The molecule has 3 heteroatoms. The lowest BCUT2D eigenvalue weighted by Crippen LogP contribution is -2.30. The van der Waals surface area contributed by atoms with Gasteiger partial charge in [-0.2, -0.15) is 0 Å². The average Bonchev–Trinajstić information content (AvgIpc) is 2.91. The highest BCUT2D eigenvalue weighted by atomic mass is 16.3. The summed E-state index contributed by atoms with van der Waals surface area (Å²) in [5.41, 5.74) is 5.73. The van der Waals surface area contributed by atoms with Crippen molar-refractivity contribution in [3.8, 4) is 11.3 Å². The molecule has 2 aromatic carbocycles. The monoisotopic (exact) mass is 299 g/mol. The molecule has 3 nitrogen and oxygen atoms in total. The molecule has 4 rings (SSSR count). The first-order chi connectivity index (χ1) is 11.2. The van der Waals surface area contributed by atoms with Crippen LogP contribution in [-0.4, -0.2) is 0 Å². The van der Waals surface area contributed by atoms with Gasteiger partial charge < -0.3 is 4.42 Å². The zero-order chi connectivity index (χ0) is 16.0. The molecular formula is C20H15N2O+. The normalized spacial score (nSPS) is 11.0. The molecule has 0 saturated heterocycles. The van der Waals surface area contributed by atoms with E-state index < -0.39 is 0 Å². The molecule has 0 aliphatic carbocycles. The molecule has 0 N–H and O–H groups in total. The predicted molar refractivity (Wildman–Crippen MR) is 91.3 cm³/mol. The quantitative estimate of drug-likeness (QED) is 0.360. The minimum atomic E-state index is 0.600. The van der Waals surface area contributed by atoms with E-state index in [1.54, 1.807) is 6.07 Å². The Kier molecular flexibility index (Phi) is 2.92. The average molecular weight is 299 g/mol. The third kappa shape index (κ3) is 2.08. The fourth-order valence-corrected chi connectivity index (χ4v) is 3.07. The van der Waals surface area contributed by atoms with Gasteiger partial charge in [-0.3, -0.25) is 0 Å². The Hall–Kier alpha value is -3.12. The zero-order valence-corrected chi connectivity index (χ0v) is 13.0. The Morgan fingerprint density at radius 1 is 1.00 bits per heavy atom. The molecule has 23 heavy (non-hydrogen) atoms. The van der Waals surface area contributed by atoms with Gasteiger partial charge in [0.05, 0.1) is 12.1 Å². The highest BCUT2D eigenvalue weighted by Gasteiger charge is 2.15. The molecule has 0 aliphatic heterocycles. The van der Waals surface area contributed by atoms with E-state index >= 15 is 0 Å². The Balaban J connectivity index is 2.03. The third-order valence-electron chi connectivity index (χ3n) is 4.26. The van der Waals surface area contributed by atoms with Crippen molar-refractivity contribution in [2.75, 3.05) is 0 Å². The van der Waals surface area contributed by atoms with Gasteiger partial charge in [-0.15, -0.1) is 0 Å². The number of nitrogens with zero attached hydrogens (tertiary/aromatic N) is 2. The first kappa shape index (κ1) is 13.5. The number of aromatic nitrogens is 1. The van der Waals surface area contributed by atoms with Crippen molar-refractivity contribution in [1.82, 2.24) is 0 Å². The Bertz CT molecular complexity index is 1100. The molecule has 110 valence electrons. The van der Waals surface area contributed by atoms with Gasteiger partial charge in [0.2, 0.25) is 5.69 Å². The second-order valence-corrected chi connectivity index (χ2v) is 5.75. The van der Waals surface area contributed by atoms with E-state index in [-0.39, 0.29) is 0 Å². The van der Waals surface area contributed by atoms with E-state index in [9.17, 15) is 0 Å². The Morgan fingerprint density at radius 2 is 1.83 bits per heavy atom. The second kappa shape index (κ2) is 4.96. The fraction of sp³-hybridized carbons (Fsp3) is 0.100. The van der Waals surface area contributed by atoms with Crippen molar-refractivity contribution in [3.05, 3.63) is 71.7 Å². The van der Waals surface area contributed by atoms with Crippen LogP contribution < -0.4 is 4.57 Å². The van der Waals surface area contributed by atoms with E-state index in [0.717, 1.165) is 33.2 Å². The van der Waals surface area contributed by atoms with Crippen LogP contribution >= 0.6 is 0 Å². The number of fused-ring (bicyclic) bond motifs is 3. The van der Waals surface area contributed by atoms with Gasteiger partial charge in [0.15, 0.2) is 11.9 Å². The van der Waals surface area contributed by atoms with Crippen LogP contribution in [0.4, 0.5) is 5.69 Å². The second-order valence-electron chi connectivity index (χ2n) is 5.75. The van der Waals surface area contributed by atoms with Gasteiger partial charge in [0.1, 0.15) is 18.2 Å². The van der Waals surface area contributed by atoms with Gasteiger partial charge >= 0.3 is 0 Å². The largest absolute Gasteiger partial charge is 0.457 e. The van der Waals surface area contributed by atoms with Crippen molar-refractivity contribution < 1.29 is 8.98 Å². The smallest absolute Gasteiger partial charge is 0.212 e. The minimum absolute atomic E-state index is 0.600. The van der Waals surface area contributed by atoms with Crippen LogP contribution in [0.25, 0.3) is 38.0 Å². The number of furan rings is 1. The summed E-state index contributed by atoms with van der Waals surface area (Å²) in [5.74, 6) is 0. The summed E-state index contributed by atoms with van der Waals surface area (Å²) in [7, 11) is 2.04. The third-order valence-corrected chi connectivity index (χ3v) is 4.26. The van der Waals surface area contributed by atoms with Crippen molar-refractivity contribution in [1.29, 1.82) is 0 Å². The zero-order valence-electron chi connectivity index (χ0n) is 13.0. The molecule has 2 aromatic heterocycles.